The highest BCUT2D eigenvalue weighted by Crippen LogP contribution is 2.58. The fourth-order valence-corrected chi connectivity index (χ4v) is 15.7. The molecule has 2 saturated carbocycles. The van der Waals surface area contributed by atoms with E-state index in [4.69, 9.17) is 28.7 Å². The molecule has 3 saturated heterocycles. The smallest absolute Gasteiger partial charge is 0.293 e. The molecule has 2 aliphatic carbocycles. The van der Waals surface area contributed by atoms with Crippen LogP contribution in [0.1, 0.15) is 120 Å². The van der Waals surface area contributed by atoms with E-state index in [9.17, 15) is 28.4 Å². The number of H-pyrrole nitrogens is 1. The Morgan fingerprint density at radius 3 is 2.53 bits per heavy atom. The number of para-hydroxylation sites is 1. The highest BCUT2D eigenvalue weighted by atomic mass is 32.2. The molecule has 87 heavy (non-hydrogen) atoms. The fourth-order valence-electron chi connectivity index (χ4n) is 14.7. The first-order valence-corrected chi connectivity index (χ1v) is 32.4. The second-order valence-corrected chi connectivity index (χ2v) is 28.1. The lowest BCUT2D eigenvalue weighted by Gasteiger charge is -2.62. The summed E-state index contributed by atoms with van der Waals surface area (Å²) in [6.07, 6.45) is 9.48. The number of nitro benzene ring substituents is 1. The van der Waals surface area contributed by atoms with E-state index in [1.807, 2.05) is 63.5 Å². The van der Waals surface area contributed by atoms with Crippen molar-refractivity contribution < 1.29 is 46.9 Å². The number of sulfonamides is 1. The summed E-state index contributed by atoms with van der Waals surface area (Å²) in [5, 5.41) is 26.9. The molecule has 3 aromatic carbocycles. The summed E-state index contributed by atoms with van der Waals surface area (Å²) in [5.41, 5.74) is 3.65. The summed E-state index contributed by atoms with van der Waals surface area (Å²) < 4.78 is 62.6. The number of rotatable bonds is 15. The quantitative estimate of drug-likeness (QED) is 0.0552. The number of pyridine rings is 2. The first-order valence-electron chi connectivity index (χ1n) is 31.0. The van der Waals surface area contributed by atoms with Crippen LogP contribution in [0.15, 0.2) is 96.2 Å². The standard InChI is InChI=1S/C65H80N10O11S/c1-40(2)84-56-10-8-7-9-47(56)55-37-71(36-44-18-25-67-62-58(44)83-39-63(4,5)86-62)28-29-73(55)54-34-65(41(54)3)22-26-72(27-23-65)45-11-13-48(51(32-45)74-50-19-30-82-38-57(50)85-61-53(74)31-43-17-24-66-59(43)69-61)60(76)70-87(80,81)46-12-14-49(52(33-46)75(78)79)68-35-42-15-20-64(6,77)21-16-42/h7-14,17-18,24-25,31-33,40-42,50,54-55,57,68,77H,15-16,19-23,26-30,34-39H2,1-6H3,(H,66,69)(H,70,76)/t41?,42?,50-,54?,55+,57-,64?/m0/s1. The van der Waals surface area contributed by atoms with Gasteiger partial charge in [-0.2, -0.15) is 4.98 Å². The number of nitro groups is 1. The zero-order valence-electron chi connectivity index (χ0n) is 50.5. The van der Waals surface area contributed by atoms with Crippen LogP contribution >= 0.6 is 0 Å². The number of benzene rings is 3. The number of hydrogen-bond acceptors (Lipinski definition) is 18. The summed E-state index contributed by atoms with van der Waals surface area (Å²) in [6, 6.07) is 23.8. The van der Waals surface area contributed by atoms with Crippen LogP contribution in [-0.4, -0.2) is 144 Å². The van der Waals surface area contributed by atoms with Gasteiger partial charge in [-0.1, -0.05) is 25.1 Å². The number of nitrogens with zero attached hydrogens (tertiary/aromatic N) is 7. The number of aromatic amines is 1. The fraction of sp³-hybridized carbons (Fsp3) is 0.523. The molecule has 2 unspecified atom stereocenters. The SMILES string of the molecule is CC(C)Oc1ccccc1[C@H]1CN(Cc2ccnc3c2OCC(C)(C)O3)CCN1C1CC2(CCN(c3ccc(C(=O)NS(=O)(=O)c4ccc(NCC5CCC(C)(O)CC5)c([N+](=O)[O-])c4)c(N4c5cc6cc[nH]c6nc5O[C@H]5COCC[C@@H]54)c3)CC2)C1C. The van der Waals surface area contributed by atoms with Gasteiger partial charge in [-0.15, -0.1) is 0 Å². The third-order valence-electron chi connectivity index (χ3n) is 19.7. The van der Waals surface area contributed by atoms with Crippen molar-refractivity contribution in [3.8, 4) is 23.3 Å². The van der Waals surface area contributed by atoms with Crippen LogP contribution in [0.4, 0.5) is 28.4 Å². The van der Waals surface area contributed by atoms with Crippen LogP contribution in [0.25, 0.3) is 11.0 Å². The minimum Gasteiger partial charge on any atom is -0.491 e. The average molecular weight is 1210 g/mol. The van der Waals surface area contributed by atoms with Gasteiger partial charge >= 0.3 is 0 Å². The normalized spacial score (nSPS) is 26.1. The lowest BCUT2D eigenvalue weighted by Crippen LogP contribution is -2.64. The van der Waals surface area contributed by atoms with E-state index in [1.165, 1.54) is 17.7 Å². The first-order chi connectivity index (χ1) is 41.7. The van der Waals surface area contributed by atoms with Gasteiger partial charge in [0, 0.05) is 99.1 Å². The molecule has 22 heteroatoms. The van der Waals surface area contributed by atoms with Crippen molar-refractivity contribution in [1.82, 2.24) is 29.5 Å². The van der Waals surface area contributed by atoms with E-state index < -0.39 is 48.7 Å². The number of piperazine rings is 1. The van der Waals surface area contributed by atoms with Crippen LogP contribution in [0.2, 0.25) is 0 Å². The van der Waals surface area contributed by atoms with E-state index >= 15 is 0 Å². The van der Waals surface area contributed by atoms with Gasteiger partial charge in [0.25, 0.3) is 27.5 Å². The van der Waals surface area contributed by atoms with Crippen molar-refractivity contribution in [1.29, 1.82) is 0 Å². The van der Waals surface area contributed by atoms with Gasteiger partial charge in [0.1, 0.15) is 41.1 Å². The second-order valence-electron chi connectivity index (χ2n) is 26.4. The summed E-state index contributed by atoms with van der Waals surface area (Å²) in [4.78, 5) is 48.7. The molecule has 3 aromatic heterocycles. The van der Waals surface area contributed by atoms with Crippen LogP contribution in [-0.2, 0) is 21.3 Å². The Labute approximate surface area is 508 Å². The van der Waals surface area contributed by atoms with Crippen molar-refractivity contribution >= 4 is 55.4 Å². The Morgan fingerprint density at radius 1 is 0.943 bits per heavy atom. The van der Waals surface area contributed by atoms with Gasteiger partial charge in [0.15, 0.2) is 5.75 Å². The predicted octanol–water partition coefficient (Wildman–Crippen LogP) is 9.92. The van der Waals surface area contributed by atoms with Gasteiger partial charge in [-0.05, 0) is 158 Å². The molecule has 7 aliphatic rings. The third-order valence-corrected chi connectivity index (χ3v) is 21.0. The van der Waals surface area contributed by atoms with E-state index in [0.29, 0.717) is 86.3 Å². The minimum absolute atomic E-state index is 0.0144. The van der Waals surface area contributed by atoms with E-state index in [0.717, 1.165) is 99.0 Å². The summed E-state index contributed by atoms with van der Waals surface area (Å²) in [5.74, 6) is 2.23. The molecule has 0 radical (unpaired) electrons. The number of carbonyl (C=O) groups excluding carboxylic acids is 1. The highest BCUT2D eigenvalue weighted by molar-refractivity contribution is 7.90. The van der Waals surface area contributed by atoms with E-state index in [1.54, 1.807) is 6.07 Å². The number of fused-ring (bicyclic) bond motifs is 4. The molecule has 4 N–H and O–H groups in total. The maximum Gasteiger partial charge on any atom is 0.293 e. The number of nitrogens with one attached hydrogen (secondary N) is 3. The lowest BCUT2D eigenvalue weighted by molar-refractivity contribution is -0.384. The molecule has 1 amide bonds. The molecule has 6 aromatic rings. The number of piperidine rings is 1. The number of ether oxygens (including phenoxy) is 5. The predicted molar refractivity (Wildman–Crippen MR) is 330 cm³/mol. The molecule has 8 heterocycles. The largest absolute Gasteiger partial charge is 0.491 e. The second kappa shape index (κ2) is 23.0. The number of aromatic nitrogens is 3. The molecular weight excluding hydrogens is 1130 g/mol. The molecule has 462 valence electrons. The van der Waals surface area contributed by atoms with Gasteiger partial charge < -0.3 is 48.9 Å². The van der Waals surface area contributed by atoms with Crippen LogP contribution in [0.3, 0.4) is 0 Å². The number of aliphatic hydroxyl groups is 1. The molecule has 5 fully saturated rings. The number of carbonyl (C=O) groups is 1. The molecule has 1 spiro atoms. The maximum absolute atomic E-state index is 14.9. The van der Waals surface area contributed by atoms with Crippen LogP contribution in [0.5, 0.6) is 23.3 Å². The van der Waals surface area contributed by atoms with E-state index in [-0.39, 0.29) is 47.4 Å². The zero-order valence-corrected chi connectivity index (χ0v) is 51.3. The van der Waals surface area contributed by atoms with Crippen molar-refractivity contribution in [3.63, 3.8) is 0 Å². The zero-order chi connectivity index (χ0) is 60.6. The van der Waals surface area contributed by atoms with Gasteiger partial charge in [0.05, 0.1) is 51.5 Å². The average Bonchev–Trinajstić information content (AvgIpc) is 1.01. The Morgan fingerprint density at radius 2 is 1.75 bits per heavy atom. The molecule has 5 aliphatic heterocycles. The molecule has 21 nitrogen and oxygen atoms in total. The summed E-state index contributed by atoms with van der Waals surface area (Å²) in [6.45, 7) is 18.9. The van der Waals surface area contributed by atoms with Crippen molar-refractivity contribution in [2.24, 2.45) is 17.3 Å². The van der Waals surface area contributed by atoms with Gasteiger partial charge in [-0.3, -0.25) is 24.7 Å². The maximum atomic E-state index is 14.9. The first kappa shape index (κ1) is 58.8. The summed E-state index contributed by atoms with van der Waals surface area (Å²) in [7, 11) is -4.66. The molecular formula is C65H80N10O11S. The lowest BCUT2D eigenvalue weighted by atomic mass is 9.53. The Bertz CT molecular complexity index is 3690. The van der Waals surface area contributed by atoms with Crippen LogP contribution < -0.4 is 38.8 Å². The Hall–Kier alpha value is -7.24. The Balaban J connectivity index is 0.762. The third kappa shape index (κ3) is 11.6. The number of hydrogen-bond donors (Lipinski definition) is 4. The van der Waals surface area contributed by atoms with Gasteiger partial charge in [0.2, 0.25) is 5.88 Å². The van der Waals surface area contributed by atoms with Crippen molar-refractivity contribution in [3.05, 3.63) is 118 Å². The van der Waals surface area contributed by atoms with Crippen molar-refractivity contribution in [2.45, 2.75) is 146 Å². The number of anilines is 4. The van der Waals surface area contributed by atoms with Crippen molar-refractivity contribution in [2.75, 3.05) is 74.2 Å². The van der Waals surface area contributed by atoms with Crippen LogP contribution in [0, 0.1) is 27.4 Å². The Kier molecular flexibility index (Phi) is 15.6. The minimum atomic E-state index is -4.66. The number of amides is 1. The van der Waals surface area contributed by atoms with Gasteiger partial charge in [-0.25, -0.2) is 18.1 Å². The molecule has 0 bridgehead atoms. The highest BCUT2D eigenvalue weighted by Gasteiger charge is 2.56. The molecule has 5 atom stereocenters. The van der Waals surface area contributed by atoms with E-state index in [2.05, 4.69) is 84.6 Å². The topological polar surface area (TPSA) is 239 Å². The monoisotopic (exact) mass is 1210 g/mol. The summed E-state index contributed by atoms with van der Waals surface area (Å²) >= 11 is 0. The molecule has 13 rings (SSSR count).